The smallest absolute Gasteiger partial charge is 0.319 e. The molecule has 1 atom stereocenters. The van der Waals surface area contributed by atoms with Crippen molar-refractivity contribution < 1.29 is 33.3 Å². The van der Waals surface area contributed by atoms with Crippen LogP contribution in [0.15, 0.2) is 78.9 Å². The van der Waals surface area contributed by atoms with Crippen molar-refractivity contribution in [3.8, 4) is 0 Å². The van der Waals surface area contributed by atoms with Gasteiger partial charge in [-0.05, 0) is 42.8 Å². The third-order valence-electron chi connectivity index (χ3n) is 6.27. The van der Waals surface area contributed by atoms with Crippen molar-refractivity contribution >= 4 is 34.9 Å². The largest absolute Gasteiger partial charge is 1.00 e. The topological polar surface area (TPSA) is 46.3 Å². The van der Waals surface area contributed by atoms with Gasteiger partial charge in [0.25, 0.3) is 0 Å². The van der Waals surface area contributed by atoms with E-state index in [-0.39, 0.29) is 24.0 Å². The van der Waals surface area contributed by atoms with Gasteiger partial charge in [-0.1, -0.05) is 71.7 Å². The van der Waals surface area contributed by atoms with Crippen LogP contribution in [0.2, 0.25) is 10.0 Å². The lowest BCUT2D eigenvalue weighted by atomic mass is 10.1. The monoisotopic (exact) mass is 611 g/mol. The second-order valence-electron chi connectivity index (χ2n) is 8.41. The Morgan fingerprint density at radius 3 is 2.18 bits per heavy atom. The van der Waals surface area contributed by atoms with Gasteiger partial charge in [-0.15, -0.1) is 0 Å². The van der Waals surface area contributed by atoms with Crippen molar-refractivity contribution in [2.75, 3.05) is 31.1 Å². The number of rotatable bonds is 11. The molecule has 0 saturated carbocycles. The lowest BCUT2D eigenvalue weighted by molar-refractivity contribution is -0.939. The number of carbonyl (C=O) groups is 1. The molecule has 0 radical (unpaired) electrons. The van der Waals surface area contributed by atoms with E-state index < -0.39 is 6.03 Å². The van der Waals surface area contributed by atoms with Crippen LogP contribution in [0, 0.1) is 0 Å². The Morgan fingerprint density at radius 2 is 1.56 bits per heavy atom. The second-order valence-corrected chi connectivity index (χ2v) is 9.25. The van der Waals surface area contributed by atoms with Crippen molar-refractivity contribution in [3.63, 3.8) is 0 Å². The Kier molecular flexibility index (Phi) is 11.6. The predicted octanol–water partition coefficient (Wildman–Crippen LogP) is 3.55. The fraction of sp³-hybridized carbons (Fsp3) is 0.296. The summed E-state index contributed by atoms with van der Waals surface area (Å²) in [6.07, 6.45) is 1.77. The highest BCUT2D eigenvalue weighted by atomic mass is 127. The van der Waals surface area contributed by atoms with Gasteiger partial charge >= 0.3 is 6.03 Å². The highest BCUT2D eigenvalue weighted by Gasteiger charge is 2.27. The van der Waals surface area contributed by atoms with Crippen LogP contribution in [0.5, 0.6) is 0 Å². The van der Waals surface area contributed by atoms with Crippen molar-refractivity contribution in [2.45, 2.75) is 26.3 Å². The van der Waals surface area contributed by atoms with Gasteiger partial charge < -0.3 is 34.2 Å². The summed E-state index contributed by atoms with van der Waals surface area (Å²) < 4.78 is 0.869. The number of nitrogens with zero attached hydrogens (tertiary/aromatic N) is 2. The minimum Gasteiger partial charge on any atom is -1.00 e. The van der Waals surface area contributed by atoms with E-state index >= 15 is 0 Å². The summed E-state index contributed by atoms with van der Waals surface area (Å²) in [4.78, 5) is 13.8. The third-order valence-corrected chi connectivity index (χ3v) is 6.89. The maximum Gasteiger partial charge on any atom is 0.319 e. The van der Waals surface area contributed by atoms with E-state index in [0.29, 0.717) is 6.54 Å². The molecule has 0 heterocycles. The number of nitrogens with two attached hydrogens (primary N) is 1. The highest BCUT2D eigenvalue weighted by molar-refractivity contribution is 6.31. The average Bonchev–Trinajstić information content (AvgIpc) is 2.83. The van der Waals surface area contributed by atoms with Crippen LogP contribution in [0.3, 0.4) is 0 Å². The van der Waals surface area contributed by atoms with Gasteiger partial charge in [0.05, 0.1) is 19.6 Å². The molecular weight excluding hydrogens is 580 g/mol. The molecule has 2 amide bonds. The van der Waals surface area contributed by atoms with Crippen LogP contribution in [0.25, 0.3) is 0 Å². The van der Waals surface area contributed by atoms with Gasteiger partial charge in [0, 0.05) is 40.7 Å². The van der Waals surface area contributed by atoms with Crippen LogP contribution < -0.4 is 34.6 Å². The first-order valence-electron chi connectivity index (χ1n) is 11.4. The number of urea groups is 1. The minimum absolute atomic E-state index is 0. The molecule has 2 N–H and O–H groups in total. The summed E-state index contributed by atoms with van der Waals surface area (Å²) in [6.45, 7) is 6.47. The molecule has 3 aromatic carbocycles. The quantitative estimate of drug-likeness (QED) is 0.262. The van der Waals surface area contributed by atoms with E-state index in [1.807, 2.05) is 60.7 Å². The Morgan fingerprint density at radius 1 is 0.912 bits per heavy atom. The maximum atomic E-state index is 12.1. The molecule has 0 aliphatic heterocycles. The van der Waals surface area contributed by atoms with Gasteiger partial charge in [0.2, 0.25) is 0 Å². The number of hydrogen-bond acceptors (Lipinski definition) is 1. The van der Waals surface area contributed by atoms with E-state index in [1.54, 1.807) is 4.90 Å². The number of quaternary nitrogens is 1. The number of halogens is 3. The lowest BCUT2D eigenvalue weighted by Gasteiger charge is -2.39. The SMILES string of the molecule is CC[N+](CCCN(C(N)=O)c1ccccc1)(CCc1ccc(Cl)cc1)Cc1ccccc1Cl.[I-]. The first-order chi connectivity index (χ1) is 15.9. The molecule has 0 aromatic heterocycles. The number of anilines is 1. The summed E-state index contributed by atoms with van der Waals surface area (Å²) in [5.41, 5.74) is 8.93. The molecule has 0 aliphatic carbocycles. The number of para-hydroxylation sites is 1. The molecule has 0 bridgehead atoms. The zero-order chi connectivity index (χ0) is 23.7. The first kappa shape index (κ1) is 28.4. The molecular formula is C27H32Cl2IN3O. The number of benzene rings is 3. The third kappa shape index (κ3) is 8.15. The number of hydrogen-bond donors (Lipinski definition) is 1. The average molecular weight is 612 g/mol. The highest BCUT2D eigenvalue weighted by Crippen LogP contribution is 2.24. The Hall–Kier alpha value is -1.80. The molecule has 182 valence electrons. The van der Waals surface area contributed by atoms with Gasteiger partial charge in [-0.3, -0.25) is 4.90 Å². The zero-order valence-corrected chi connectivity index (χ0v) is 23.1. The summed E-state index contributed by atoms with van der Waals surface area (Å²) in [5.74, 6) is 0. The molecule has 34 heavy (non-hydrogen) atoms. The number of primary amides is 1. The Balaban J connectivity index is 0.00000408. The summed E-state index contributed by atoms with van der Waals surface area (Å²) in [6, 6.07) is 25.3. The molecule has 3 aromatic rings. The Bertz CT molecular complexity index is 1030. The fourth-order valence-electron chi connectivity index (χ4n) is 4.24. The standard InChI is InChI=1S/C27H31Cl2N3O.HI/c1-2-32(21-23-9-6-7-12-26(23)29,20-17-22-13-15-24(28)16-14-22)19-8-18-31(27(30)33)25-10-4-3-5-11-25;/h3-7,9-16H,2,8,17-21H2,1H3,(H-,30,33);1H. The molecule has 4 nitrogen and oxygen atoms in total. The molecule has 0 saturated heterocycles. The van der Waals surface area contributed by atoms with Gasteiger partial charge in [0.15, 0.2) is 0 Å². The van der Waals surface area contributed by atoms with Crippen molar-refractivity contribution in [3.05, 3.63) is 100 Å². The van der Waals surface area contributed by atoms with Crippen LogP contribution in [0.4, 0.5) is 10.5 Å². The van der Waals surface area contributed by atoms with Crippen molar-refractivity contribution in [2.24, 2.45) is 5.73 Å². The van der Waals surface area contributed by atoms with Crippen molar-refractivity contribution in [1.29, 1.82) is 0 Å². The van der Waals surface area contributed by atoms with E-state index in [0.717, 1.165) is 64.8 Å². The van der Waals surface area contributed by atoms with Crippen molar-refractivity contribution in [1.82, 2.24) is 0 Å². The van der Waals surface area contributed by atoms with E-state index in [1.165, 1.54) is 5.56 Å². The number of amides is 2. The van der Waals surface area contributed by atoms with Gasteiger partial charge in [-0.2, -0.15) is 0 Å². The number of carbonyl (C=O) groups excluding carboxylic acids is 1. The van der Waals surface area contributed by atoms with Crippen LogP contribution in [0.1, 0.15) is 24.5 Å². The van der Waals surface area contributed by atoms with Gasteiger partial charge in [-0.25, -0.2) is 4.79 Å². The summed E-state index contributed by atoms with van der Waals surface area (Å²) >= 11 is 12.6. The van der Waals surface area contributed by atoms with E-state index in [2.05, 4.69) is 25.1 Å². The molecule has 0 aliphatic rings. The first-order valence-corrected chi connectivity index (χ1v) is 12.1. The summed E-state index contributed by atoms with van der Waals surface area (Å²) in [5, 5.41) is 1.54. The molecule has 0 fully saturated rings. The fourth-order valence-corrected chi connectivity index (χ4v) is 4.56. The molecule has 3 rings (SSSR count). The molecule has 7 heteroatoms. The van der Waals surface area contributed by atoms with E-state index in [4.69, 9.17) is 28.9 Å². The molecule has 1 unspecified atom stereocenters. The zero-order valence-electron chi connectivity index (χ0n) is 19.5. The van der Waals surface area contributed by atoms with Crippen LogP contribution in [-0.4, -0.2) is 36.7 Å². The van der Waals surface area contributed by atoms with Crippen LogP contribution in [-0.2, 0) is 13.0 Å². The van der Waals surface area contributed by atoms with E-state index in [9.17, 15) is 4.79 Å². The predicted molar refractivity (Wildman–Crippen MR) is 139 cm³/mol. The second kappa shape index (κ2) is 13.9. The minimum atomic E-state index is -0.428. The normalized spacial score (nSPS) is 12.4. The van der Waals surface area contributed by atoms with Gasteiger partial charge in [0.1, 0.15) is 6.54 Å². The lowest BCUT2D eigenvalue weighted by Crippen LogP contribution is -3.00. The number of likely N-dealkylation sites (N-methyl/N-ethyl adjacent to an activating group) is 1. The summed E-state index contributed by atoms with van der Waals surface area (Å²) in [7, 11) is 0. The maximum absolute atomic E-state index is 12.1. The Labute approximate surface area is 230 Å². The van der Waals surface area contributed by atoms with Crippen LogP contribution >= 0.6 is 23.2 Å². The molecule has 0 spiro atoms.